The molecular formula is C26H24N2O6S. The molecule has 4 aromatic rings. The number of rotatable bonds is 7. The summed E-state index contributed by atoms with van der Waals surface area (Å²) in [6.07, 6.45) is 0. The molecule has 8 nitrogen and oxygen atoms in total. The van der Waals surface area contributed by atoms with Gasteiger partial charge in [0.05, 0.1) is 12.0 Å². The summed E-state index contributed by atoms with van der Waals surface area (Å²) < 4.78 is 50.1. The average molecular weight is 493 g/mol. The summed E-state index contributed by atoms with van der Waals surface area (Å²) >= 11 is 0. The Hall–Kier alpha value is -3.98. The van der Waals surface area contributed by atoms with Gasteiger partial charge in [-0.1, -0.05) is 36.4 Å². The van der Waals surface area contributed by atoms with Crippen molar-refractivity contribution >= 4 is 15.7 Å². The van der Waals surface area contributed by atoms with E-state index in [9.17, 15) is 8.42 Å². The lowest BCUT2D eigenvalue weighted by molar-refractivity contribution is 0.171. The topological polar surface area (TPSA) is 91.1 Å². The van der Waals surface area contributed by atoms with Gasteiger partial charge in [-0.05, 0) is 35.9 Å². The number of methoxy groups -OCH3 is 1. The van der Waals surface area contributed by atoms with E-state index in [1.165, 1.54) is 12.1 Å². The maximum absolute atomic E-state index is 13.8. The van der Waals surface area contributed by atoms with Crippen molar-refractivity contribution in [1.82, 2.24) is 4.98 Å². The molecule has 1 aromatic heterocycles. The van der Waals surface area contributed by atoms with Gasteiger partial charge in [-0.15, -0.1) is 0 Å². The van der Waals surface area contributed by atoms with E-state index in [1.54, 1.807) is 49.4 Å². The predicted octanol–water partition coefficient (Wildman–Crippen LogP) is 4.59. The third kappa shape index (κ3) is 4.54. The van der Waals surface area contributed by atoms with E-state index in [1.807, 2.05) is 30.3 Å². The van der Waals surface area contributed by atoms with Crippen molar-refractivity contribution in [3.8, 4) is 28.7 Å². The van der Waals surface area contributed by atoms with Crippen molar-refractivity contribution < 1.29 is 27.0 Å². The second-order valence-corrected chi connectivity index (χ2v) is 9.88. The SMILES string of the molecule is COc1cccc(-c2nc(S(=O)(=O)c3ccc4c(c3)OCCO4)c(N(C)Cc3ccccc3)o2)c1. The first kappa shape index (κ1) is 22.8. The summed E-state index contributed by atoms with van der Waals surface area (Å²) in [5, 5.41) is -0.176. The van der Waals surface area contributed by atoms with Gasteiger partial charge in [-0.2, -0.15) is 4.98 Å². The summed E-state index contributed by atoms with van der Waals surface area (Å²) in [7, 11) is -0.726. The van der Waals surface area contributed by atoms with Crippen molar-refractivity contribution in [3.63, 3.8) is 0 Å². The Labute approximate surface area is 203 Å². The van der Waals surface area contributed by atoms with Gasteiger partial charge in [0, 0.05) is 25.2 Å². The van der Waals surface area contributed by atoms with E-state index < -0.39 is 9.84 Å². The fraction of sp³-hybridized carbons (Fsp3) is 0.192. The summed E-state index contributed by atoms with van der Waals surface area (Å²) in [4.78, 5) is 6.23. The van der Waals surface area contributed by atoms with Crippen LogP contribution in [0.25, 0.3) is 11.5 Å². The first-order chi connectivity index (χ1) is 17.0. The first-order valence-corrected chi connectivity index (χ1v) is 12.5. The Morgan fingerprint density at radius 1 is 0.943 bits per heavy atom. The molecule has 0 radical (unpaired) electrons. The van der Waals surface area contributed by atoms with Crippen LogP contribution in [0.2, 0.25) is 0 Å². The quantitative estimate of drug-likeness (QED) is 0.370. The van der Waals surface area contributed by atoms with E-state index in [0.29, 0.717) is 42.6 Å². The van der Waals surface area contributed by atoms with Gasteiger partial charge in [-0.3, -0.25) is 0 Å². The number of fused-ring (bicyclic) bond motifs is 1. The Balaban J connectivity index is 1.60. The molecule has 0 unspecified atom stereocenters. The third-order valence-electron chi connectivity index (χ3n) is 5.58. The van der Waals surface area contributed by atoms with E-state index in [-0.39, 0.29) is 21.7 Å². The number of benzene rings is 3. The molecule has 0 aliphatic carbocycles. The lowest BCUT2D eigenvalue weighted by Gasteiger charge is -2.19. The summed E-state index contributed by atoms with van der Waals surface area (Å²) in [5.74, 6) is 1.81. The van der Waals surface area contributed by atoms with E-state index in [4.69, 9.17) is 18.6 Å². The van der Waals surface area contributed by atoms with Crippen molar-refractivity contribution in [2.24, 2.45) is 0 Å². The number of ether oxygens (including phenoxy) is 3. The third-order valence-corrected chi connectivity index (χ3v) is 7.23. The molecule has 0 bridgehead atoms. The van der Waals surface area contributed by atoms with Gasteiger partial charge < -0.3 is 23.5 Å². The molecule has 1 aliphatic rings. The zero-order valence-corrected chi connectivity index (χ0v) is 20.1. The van der Waals surface area contributed by atoms with Gasteiger partial charge in [-0.25, -0.2) is 8.42 Å². The van der Waals surface area contributed by atoms with Crippen molar-refractivity contribution in [3.05, 3.63) is 78.4 Å². The minimum absolute atomic E-state index is 0.0432. The standard InChI is InChI=1S/C26H24N2O6S/c1-28(17-18-7-4-3-5-8-18)26-25(27-24(34-26)19-9-6-10-20(15-19)31-2)35(29,30)21-11-12-22-23(16-21)33-14-13-32-22/h3-12,15-16H,13-14,17H2,1-2H3. The van der Waals surface area contributed by atoms with Crippen LogP contribution in [0.3, 0.4) is 0 Å². The number of anilines is 1. The monoisotopic (exact) mass is 492 g/mol. The van der Waals surface area contributed by atoms with Crippen LogP contribution in [0.15, 0.2) is 87.1 Å². The highest BCUT2D eigenvalue weighted by molar-refractivity contribution is 7.91. The second kappa shape index (κ2) is 9.34. The molecule has 1 aliphatic heterocycles. The summed E-state index contributed by atoms with van der Waals surface area (Å²) in [6.45, 7) is 1.20. The Bertz CT molecular complexity index is 1450. The molecule has 180 valence electrons. The van der Waals surface area contributed by atoms with Crippen LogP contribution in [-0.2, 0) is 16.4 Å². The fourth-order valence-corrected chi connectivity index (χ4v) is 5.19. The van der Waals surface area contributed by atoms with Crippen LogP contribution in [-0.4, -0.2) is 40.8 Å². The van der Waals surface area contributed by atoms with Gasteiger partial charge in [0.25, 0.3) is 0 Å². The molecule has 2 heterocycles. The maximum atomic E-state index is 13.8. The normalized spacial score (nSPS) is 12.9. The number of hydrogen-bond acceptors (Lipinski definition) is 8. The van der Waals surface area contributed by atoms with Crippen LogP contribution < -0.4 is 19.1 Å². The minimum Gasteiger partial charge on any atom is -0.497 e. The second-order valence-electron chi connectivity index (χ2n) is 8.01. The molecule has 0 N–H and O–H groups in total. The van der Waals surface area contributed by atoms with E-state index in [0.717, 1.165) is 5.56 Å². The van der Waals surface area contributed by atoms with Crippen LogP contribution in [0.1, 0.15) is 5.56 Å². The number of sulfone groups is 1. The summed E-state index contributed by atoms with van der Waals surface area (Å²) in [5.41, 5.74) is 1.60. The highest BCUT2D eigenvalue weighted by Crippen LogP contribution is 2.38. The van der Waals surface area contributed by atoms with E-state index in [2.05, 4.69) is 4.98 Å². The highest BCUT2D eigenvalue weighted by atomic mass is 32.2. The molecular weight excluding hydrogens is 468 g/mol. The van der Waals surface area contributed by atoms with Crippen LogP contribution in [0, 0.1) is 0 Å². The molecule has 0 amide bonds. The summed E-state index contributed by atoms with van der Waals surface area (Å²) in [6, 6.07) is 21.4. The Morgan fingerprint density at radius 3 is 2.49 bits per heavy atom. The predicted molar refractivity (Wildman–Crippen MR) is 130 cm³/mol. The van der Waals surface area contributed by atoms with E-state index >= 15 is 0 Å². The van der Waals surface area contributed by atoms with Gasteiger partial charge in [0.2, 0.25) is 26.6 Å². The van der Waals surface area contributed by atoms with Gasteiger partial charge in [0.1, 0.15) is 19.0 Å². The zero-order valence-electron chi connectivity index (χ0n) is 19.3. The molecule has 0 atom stereocenters. The van der Waals surface area contributed by atoms with Crippen LogP contribution in [0.4, 0.5) is 5.88 Å². The van der Waals surface area contributed by atoms with Crippen molar-refractivity contribution in [2.75, 3.05) is 32.3 Å². The average Bonchev–Trinajstić information content (AvgIpc) is 3.36. The molecule has 0 fully saturated rings. The number of aromatic nitrogens is 1. The smallest absolute Gasteiger partial charge is 0.236 e. The van der Waals surface area contributed by atoms with Crippen LogP contribution >= 0.6 is 0 Å². The molecule has 0 spiro atoms. The zero-order chi connectivity index (χ0) is 24.4. The molecule has 0 saturated carbocycles. The first-order valence-electron chi connectivity index (χ1n) is 11.0. The minimum atomic E-state index is -4.06. The Kier molecular flexibility index (Phi) is 6.08. The van der Waals surface area contributed by atoms with Crippen LogP contribution in [0.5, 0.6) is 17.2 Å². The lowest BCUT2D eigenvalue weighted by atomic mass is 10.2. The maximum Gasteiger partial charge on any atom is 0.236 e. The van der Waals surface area contributed by atoms with Gasteiger partial charge >= 0.3 is 0 Å². The van der Waals surface area contributed by atoms with Crippen molar-refractivity contribution in [1.29, 1.82) is 0 Å². The largest absolute Gasteiger partial charge is 0.497 e. The molecule has 5 rings (SSSR count). The highest BCUT2D eigenvalue weighted by Gasteiger charge is 2.31. The number of nitrogens with zero attached hydrogens (tertiary/aromatic N) is 2. The Morgan fingerprint density at radius 2 is 1.71 bits per heavy atom. The molecule has 3 aromatic carbocycles. The number of oxazole rings is 1. The fourth-order valence-electron chi connectivity index (χ4n) is 3.83. The lowest BCUT2D eigenvalue weighted by Crippen LogP contribution is -2.19. The molecule has 35 heavy (non-hydrogen) atoms. The van der Waals surface area contributed by atoms with Crippen molar-refractivity contribution in [2.45, 2.75) is 16.5 Å². The molecule has 9 heteroatoms. The number of hydrogen-bond donors (Lipinski definition) is 0. The van der Waals surface area contributed by atoms with Gasteiger partial charge in [0.15, 0.2) is 11.5 Å². The molecule has 0 saturated heterocycles.